The van der Waals surface area contributed by atoms with Gasteiger partial charge in [0.15, 0.2) is 0 Å². The molecule has 3 heteroatoms. The van der Waals surface area contributed by atoms with Crippen molar-refractivity contribution >= 4 is 23.4 Å². The number of rotatable bonds is 5. The Hall–Kier alpha value is -0.180. The molecule has 1 heterocycles. The van der Waals surface area contributed by atoms with Gasteiger partial charge in [-0.3, -0.25) is 0 Å². The molecule has 2 unspecified atom stereocenters. The van der Waals surface area contributed by atoms with Gasteiger partial charge in [-0.15, -0.1) is 23.4 Å². The van der Waals surface area contributed by atoms with Crippen molar-refractivity contribution in [3.8, 4) is 0 Å². The molecule has 2 rings (SSSR count). The molecule has 1 aromatic rings. The molecule has 0 bridgehead atoms. The molecular weight excluding hydrogens is 250 g/mol. The molecule has 0 aromatic heterocycles. The highest BCUT2D eigenvalue weighted by atomic mass is 35.5. The third-order valence-corrected chi connectivity index (χ3v) is 4.71. The summed E-state index contributed by atoms with van der Waals surface area (Å²) in [6, 6.07) is 8.80. The molecule has 1 aromatic carbocycles. The molecule has 0 spiro atoms. The van der Waals surface area contributed by atoms with Crippen molar-refractivity contribution in [2.45, 2.75) is 29.5 Å². The summed E-state index contributed by atoms with van der Waals surface area (Å²) in [5, 5.41) is 0.280. The lowest BCUT2D eigenvalue weighted by atomic mass is 10.0. The van der Waals surface area contributed by atoms with Crippen LogP contribution in [0, 0.1) is 0 Å². The quantitative estimate of drug-likeness (QED) is 0.748. The summed E-state index contributed by atoms with van der Waals surface area (Å²) >= 11 is 7.98. The molecule has 0 aliphatic carbocycles. The highest BCUT2D eigenvalue weighted by Gasteiger charge is 2.23. The Labute approximate surface area is 114 Å². The number of benzene rings is 1. The molecule has 17 heavy (non-hydrogen) atoms. The van der Waals surface area contributed by atoms with Gasteiger partial charge in [0.1, 0.15) is 0 Å². The SMILES string of the molecule is CC(Cl)CCN(C)CC1CSc2ccccc21. The molecule has 94 valence electrons. The molecule has 1 aliphatic heterocycles. The van der Waals surface area contributed by atoms with Crippen molar-refractivity contribution in [2.75, 3.05) is 25.9 Å². The Morgan fingerprint density at radius 3 is 3.00 bits per heavy atom. The fourth-order valence-electron chi connectivity index (χ4n) is 2.25. The average Bonchev–Trinajstić information content (AvgIpc) is 2.70. The zero-order valence-electron chi connectivity index (χ0n) is 10.5. The molecule has 1 aliphatic rings. The summed E-state index contributed by atoms with van der Waals surface area (Å²) in [5.41, 5.74) is 1.53. The fourth-order valence-corrected chi connectivity index (χ4v) is 3.59. The van der Waals surface area contributed by atoms with Crippen molar-refractivity contribution in [2.24, 2.45) is 0 Å². The van der Waals surface area contributed by atoms with E-state index >= 15 is 0 Å². The molecular formula is C14H20ClNS. The van der Waals surface area contributed by atoms with Crippen LogP contribution in [0.15, 0.2) is 29.2 Å². The van der Waals surface area contributed by atoms with E-state index in [9.17, 15) is 0 Å². The topological polar surface area (TPSA) is 3.24 Å². The molecule has 0 radical (unpaired) electrons. The van der Waals surface area contributed by atoms with Gasteiger partial charge in [-0.05, 0) is 38.6 Å². The predicted molar refractivity (Wildman–Crippen MR) is 77.3 cm³/mol. The third kappa shape index (κ3) is 3.64. The Balaban J connectivity index is 1.88. The number of hydrogen-bond donors (Lipinski definition) is 0. The fraction of sp³-hybridized carbons (Fsp3) is 0.571. The van der Waals surface area contributed by atoms with Crippen LogP contribution in [0.3, 0.4) is 0 Å². The van der Waals surface area contributed by atoms with Gasteiger partial charge in [-0.25, -0.2) is 0 Å². The minimum absolute atomic E-state index is 0.280. The van der Waals surface area contributed by atoms with Crippen LogP contribution in [0.25, 0.3) is 0 Å². The minimum Gasteiger partial charge on any atom is -0.306 e. The van der Waals surface area contributed by atoms with Gasteiger partial charge in [-0.2, -0.15) is 0 Å². The summed E-state index contributed by atoms with van der Waals surface area (Å²) in [5.74, 6) is 1.91. The van der Waals surface area contributed by atoms with E-state index in [4.69, 9.17) is 11.6 Å². The first-order chi connectivity index (χ1) is 8.16. The first kappa shape index (κ1) is 13.3. The van der Waals surface area contributed by atoms with Gasteiger partial charge in [0.05, 0.1) is 0 Å². The molecule has 0 fully saturated rings. The number of thioether (sulfide) groups is 1. The second kappa shape index (κ2) is 6.12. The number of fused-ring (bicyclic) bond motifs is 1. The van der Waals surface area contributed by atoms with Crippen molar-refractivity contribution < 1.29 is 0 Å². The average molecular weight is 270 g/mol. The van der Waals surface area contributed by atoms with E-state index in [-0.39, 0.29) is 5.38 Å². The van der Waals surface area contributed by atoms with E-state index < -0.39 is 0 Å². The van der Waals surface area contributed by atoms with Gasteiger partial charge < -0.3 is 4.90 Å². The smallest absolute Gasteiger partial charge is 0.0320 e. The normalized spacial score (nSPS) is 20.6. The lowest BCUT2D eigenvalue weighted by Crippen LogP contribution is -2.26. The van der Waals surface area contributed by atoms with Crippen LogP contribution in [-0.4, -0.2) is 36.2 Å². The summed E-state index contributed by atoms with van der Waals surface area (Å²) < 4.78 is 0. The maximum absolute atomic E-state index is 5.99. The zero-order valence-corrected chi connectivity index (χ0v) is 12.1. The zero-order chi connectivity index (χ0) is 12.3. The largest absolute Gasteiger partial charge is 0.306 e. The second-order valence-corrected chi connectivity index (χ2v) is 6.68. The molecule has 0 amide bonds. The highest BCUT2D eigenvalue weighted by Crippen LogP contribution is 2.39. The Morgan fingerprint density at radius 2 is 2.24 bits per heavy atom. The van der Waals surface area contributed by atoms with E-state index in [1.807, 2.05) is 11.8 Å². The summed E-state index contributed by atoms with van der Waals surface area (Å²) in [6.07, 6.45) is 1.07. The van der Waals surface area contributed by atoms with Crippen LogP contribution in [0.2, 0.25) is 0 Å². The van der Waals surface area contributed by atoms with Gasteiger partial charge in [0, 0.05) is 28.5 Å². The Kier molecular flexibility index (Phi) is 4.78. The van der Waals surface area contributed by atoms with Crippen LogP contribution < -0.4 is 0 Å². The first-order valence-corrected chi connectivity index (χ1v) is 7.63. The molecule has 0 N–H and O–H groups in total. The van der Waals surface area contributed by atoms with Crippen LogP contribution in [-0.2, 0) is 0 Å². The monoisotopic (exact) mass is 269 g/mol. The van der Waals surface area contributed by atoms with Crippen LogP contribution >= 0.6 is 23.4 Å². The number of nitrogens with zero attached hydrogens (tertiary/aromatic N) is 1. The van der Waals surface area contributed by atoms with Crippen molar-refractivity contribution in [1.29, 1.82) is 0 Å². The van der Waals surface area contributed by atoms with Crippen LogP contribution in [0.1, 0.15) is 24.8 Å². The molecule has 0 saturated carbocycles. The number of alkyl halides is 1. The Bertz CT molecular complexity index is 367. The van der Waals surface area contributed by atoms with Crippen LogP contribution in [0.4, 0.5) is 0 Å². The number of halogens is 1. The molecule has 1 nitrogen and oxygen atoms in total. The first-order valence-electron chi connectivity index (χ1n) is 6.21. The summed E-state index contributed by atoms with van der Waals surface area (Å²) in [6.45, 7) is 4.30. The summed E-state index contributed by atoms with van der Waals surface area (Å²) in [4.78, 5) is 3.88. The van der Waals surface area contributed by atoms with Gasteiger partial charge in [0.25, 0.3) is 0 Å². The van der Waals surface area contributed by atoms with E-state index in [1.165, 1.54) is 16.2 Å². The van der Waals surface area contributed by atoms with Crippen molar-refractivity contribution in [3.63, 3.8) is 0 Å². The predicted octanol–water partition coefficient (Wildman–Crippen LogP) is 3.83. The van der Waals surface area contributed by atoms with E-state index in [1.54, 1.807) is 0 Å². The van der Waals surface area contributed by atoms with Crippen molar-refractivity contribution in [1.82, 2.24) is 4.90 Å². The van der Waals surface area contributed by atoms with Gasteiger partial charge in [0.2, 0.25) is 0 Å². The van der Waals surface area contributed by atoms with Gasteiger partial charge >= 0.3 is 0 Å². The second-order valence-electron chi connectivity index (χ2n) is 4.88. The van der Waals surface area contributed by atoms with Crippen LogP contribution in [0.5, 0.6) is 0 Å². The Morgan fingerprint density at radius 1 is 1.47 bits per heavy atom. The van der Waals surface area contributed by atoms with Crippen molar-refractivity contribution in [3.05, 3.63) is 29.8 Å². The van der Waals surface area contributed by atoms with E-state index in [0.717, 1.165) is 19.5 Å². The third-order valence-electron chi connectivity index (χ3n) is 3.24. The standard InChI is InChI=1S/C14H20ClNS/c1-11(15)7-8-16(2)9-12-10-17-14-6-4-3-5-13(12)14/h3-6,11-12H,7-10H2,1-2H3. The number of hydrogen-bond acceptors (Lipinski definition) is 2. The number of likely N-dealkylation sites (N-methyl/N-ethyl adjacent to an activating group) is 1. The highest BCUT2D eigenvalue weighted by molar-refractivity contribution is 7.99. The lowest BCUT2D eigenvalue weighted by Gasteiger charge is -2.21. The maximum atomic E-state index is 5.99. The minimum atomic E-state index is 0.280. The van der Waals surface area contributed by atoms with Gasteiger partial charge in [-0.1, -0.05) is 18.2 Å². The lowest BCUT2D eigenvalue weighted by molar-refractivity contribution is 0.314. The molecule has 2 atom stereocenters. The maximum Gasteiger partial charge on any atom is 0.0320 e. The summed E-state index contributed by atoms with van der Waals surface area (Å²) in [7, 11) is 2.20. The van der Waals surface area contributed by atoms with E-state index in [0.29, 0.717) is 5.92 Å². The van der Waals surface area contributed by atoms with E-state index in [2.05, 4.69) is 43.1 Å². The molecule has 0 saturated heterocycles.